The van der Waals surface area contributed by atoms with E-state index >= 15 is 0 Å². The van der Waals surface area contributed by atoms with Gasteiger partial charge in [-0.1, -0.05) is 13.0 Å². The van der Waals surface area contributed by atoms with Gasteiger partial charge in [0.1, 0.15) is 5.92 Å². The highest BCUT2D eigenvalue weighted by Gasteiger charge is 2.10. The van der Waals surface area contributed by atoms with Crippen LogP contribution in [0.1, 0.15) is 20.3 Å². The maximum Gasteiger partial charge on any atom is 0.172 e. The van der Waals surface area contributed by atoms with Crippen LogP contribution in [-0.4, -0.2) is 5.78 Å². The molecule has 0 aromatic rings. The molecule has 0 bridgehead atoms. The van der Waals surface area contributed by atoms with Gasteiger partial charge in [0.05, 0.1) is 6.07 Å². The van der Waals surface area contributed by atoms with Gasteiger partial charge in [-0.15, -0.1) is 0 Å². The molecule has 2 nitrogen and oxygen atoms in total. The van der Waals surface area contributed by atoms with Crippen LogP contribution in [0.2, 0.25) is 0 Å². The molecule has 0 saturated carbocycles. The number of allylic oxidation sites excluding steroid dienone is 2. The smallest absolute Gasteiger partial charge is 0.172 e. The fraction of sp³-hybridized carbons (Fsp3) is 0.500. The van der Waals surface area contributed by atoms with E-state index in [4.69, 9.17) is 5.26 Å². The van der Waals surface area contributed by atoms with Gasteiger partial charge in [0.15, 0.2) is 5.78 Å². The van der Waals surface area contributed by atoms with Crippen molar-refractivity contribution in [2.24, 2.45) is 5.92 Å². The topological polar surface area (TPSA) is 40.9 Å². The first-order valence-corrected chi connectivity index (χ1v) is 3.32. The Bertz CT molecular complexity index is 176. The molecule has 0 fully saturated rings. The molecule has 0 aliphatic rings. The predicted octanol–water partition coefficient (Wildman–Crippen LogP) is 1.68. The van der Waals surface area contributed by atoms with Crippen molar-refractivity contribution < 1.29 is 4.79 Å². The molecule has 10 heavy (non-hydrogen) atoms. The lowest BCUT2D eigenvalue weighted by atomic mass is 10.0. The summed E-state index contributed by atoms with van der Waals surface area (Å²) in [7, 11) is 0. The third-order valence-corrected chi connectivity index (χ3v) is 1.24. The molecule has 0 amide bonds. The monoisotopic (exact) mass is 137 g/mol. The van der Waals surface area contributed by atoms with Gasteiger partial charge in [0, 0.05) is 0 Å². The second-order valence-corrected chi connectivity index (χ2v) is 1.99. The second-order valence-electron chi connectivity index (χ2n) is 1.99. The lowest BCUT2D eigenvalue weighted by Crippen LogP contribution is -2.07. The molecule has 0 N–H and O–H groups in total. The Kier molecular flexibility index (Phi) is 4.23. The van der Waals surface area contributed by atoms with E-state index in [0.717, 1.165) is 0 Å². The van der Waals surface area contributed by atoms with E-state index in [1.54, 1.807) is 13.0 Å². The molecule has 2 heteroatoms. The molecule has 1 atom stereocenters. The summed E-state index contributed by atoms with van der Waals surface area (Å²) < 4.78 is 0. The number of nitrogens with zero attached hydrogens (tertiary/aromatic N) is 1. The Balaban J connectivity index is 4.06. The Morgan fingerprint density at radius 3 is 2.70 bits per heavy atom. The number of ketones is 1. The van der Waals surface area contributed by atoms with Gasteiger partial charge < -0.3 is 0 Å². The molecule has 0 spiro atoms. The Hall–Kier alpha value is -1.10. The van der Waals surface area contributed by atoms with Crippen LogP contribution in [0.25, 0.3) is 0 Å². The minimum atomic E-state index is -0.448. The maximum atomic E-state index is 10.9. The fourth-order valence-corrected chi connectivity index (χ4v) is 0.637. The zero-order chi connectivity index (χ0) is 7.98. The number of hydrogen-bond acceptors (Lipinski definition) is 2. The van der Waals surface area contributed by atoms with Crippen molar-refractivity contribution in [1.29, 1.82) is 5.26 Å². The van der Waals surface area contributed by atoms with Crippen molar-refractivity contribution in [3.05, 3.63) is 12.2 Å². The van der Waals surface area contributed by atoms with Gasteiger partial charge >= 0.3 is 0 Å². The van der Waals surface area contributed by atoms with Crippen LogP contribution in [0.15, 0.2) is 12.2 Å². The largest absolute Gasteiger partial charge is 0.293 e. The molecule has 0 aliphatic carbocycles. The zero-order valence-corrected chi connectivity index (χ0v) is 6.29. The number of carbonyl (C=O) groups is 1. The van der Waals surface area contributed by atoms with E-state index in [1.165, 1.54) is 6.08 Å². The predicted molar refractivity (Wildman–Crippen MR) is 39.2 cm³/mol. The van der Waals surface area contributed by atoms with Crippen LogP contribution in [0, 0.1) is 17.2 Å². The van der Waals surface area contributed by atoms with Crippen LogP contribution < -0.4 is 0 Å². The Labute approximate surface area is 61.2 Å². The summed E-state index contributed by atoms with van der Waals surface area (Å²) >= 11 is 0. The van der Waals surface area contributed by atoms with Crippen molar-refractivity contribution in [3.8, 4) is 6.07 Å². The number of hydrogen-bond donors (Lipinski definition) is 0. The average molecular weight is 137 g/mol. The maximum absolute atomic E-state index is 10.9. The first-order chi connectivity index (χ1) is 4.76. The summed E-state index contributed by atoms with van der Waals surface area (Å²) in [6.07, 6.45) is 3.69. The van der Waals surface area contributed by atoms with Crippen LogP contribution in [0.3, 0.4) is 0 Å². The Morgan fingerprint density at radius 2 is 2.40 bits per heavy atom. The molecule has 54 valence electrons. The second kappa shape index (κ2) is 4.75. The van der Waals surface area contributed by atoms with E-state index < -0.39 is 5.92 Å². The van der Waals surface area contributed by atoms with E-state index in [2.05, 4.69) is 0 Å². The van der Waals surface area contributed by atoms with E-state index in [0.29, 0.717) is 6.42 Å². The van der Waals surface area contributed by atoms with Gasteiger partial charge in [0.2, 0.25) is 0 Å². The number of nitriles is 1. The third-order valence-electron chi connectivity index (χ3n) is 1.24. The van der Waals surface area contributed by atoms with Crippen LogP contribution in [0.4, 0.5) is 0 Å². The van der Waals surface area contributed by atoms with Crippen molar-refractivity contribution in [1.82, 2.24) is 0 Å². The van der Waals surface area contributed by atoms with Crippen molar-refractivity contribution >= 4 is 5.78 Å². The average Bonchev–Trinajstić information content (AvgIpc) is 1.91. The molecule has 0 aromatic carbocycles. The summed E-state index contributed by atoms with van der Waals surface area (Å²) in [5.74, 6) is -0.538. The minimum absolute atomic E-state index is 0.0903. The molecule has 0 heterocycles. The molecular formula is C8H11NO. The SMILES string of the molecule is C/C=C\C(=O)C(C#N)CC. The number of carbonyl (C=O) groups excluding carboxylic acids is 1. The molecule has 0 aliphatic heterocycles. The summed E-state index contributed by atoms with van der Waals surface area (Å²) in [4.78, 5) is 10.9. The van der Waals surface area contributed by atoms with Crippen molar-refractivity contribution in [3.63, 3.8) is 0 Å². The highest BCUT2D eigenvalue weighted by molar-refractivity contribution is 5.93. The molecule has 0 aromatic heterocycles. The van der Waals surface area contributed by atoms with Gasteiger partial charge in [-0.2, -0.15) is 5.26 Å². The standard InChI is InChI=1S/C8H11NO/c1-3-5-8(10)7(4-2)6-9/h3,5,7H,4H2,1-2H3/b5-3-. The third kappa shape index (κ3) is 2.45. The first-order valence-electron chi connectivity index (χ1n) is 3.32. The summed E-state index contributed by atoms with van der Waals surface area (Å²) in [6.45, 7) is 3.59. The first kappa shape index (κ1) is 8.90. The zero-order valence-electron chi connectivity index (χ0n) is 6.29. The molecular weight excluding hydrogens is 126 g/mol. The lowest BCUT2D eigenvalue weighted by Gasteiger charge is -1.97. The minimum Gasteiger partial charge on any atom is -0.293 e. The van der Waals surface area contributed by atoms with Crippen molar-refractivity contribution in [2.75, 3.05) is 0 Å². The molecule has 0 radical (unpaired) electrons. The van der Waals surface area contributed by atoms with Gasteiger partial charge in [-0.25, -0.2) is 0 Å². The van der Waals surface area contributed by atoms with Crippen LogP contribution >= 0.6 is 0 Å². The molecule has 0 rings (SSSR count). The van der Waals surface area contributed by atoms with Gasteiger partial charge in [0.25, 0.3) is 0 Å². The summed E-state index contributed by atoms with van der Waals surface area (Å²) in [5, 5.41) is 8.42. The summed E-state index contributed by atoms with van der Waals surface area (Å²) in [6, 6.07) is 1.94. The highest BCUT2D eigenvalue weighted by atomic mass is 16.1. The number of rotatable bonds is 3. The normalized spacial score (nSPS) is 12.9. The molecule has 1 unspecified atom stereocenters. The Morgan fingerprint density at radius 1 is 1.80 bits per heavy atom. The highest BCUT2D eigenvalue weighted by Crippen LogP contribution is 2.02. The summed E-state index contributed by atoms with van der Waals surface area (Å²) in [5.41, 5.74) is 0. The fourth-order valence-electron chi connectivity index (χ4n) is 0.637. The lowest BCUT2D eigenvalue weighted by molar-refractivity contribution is -0.116. The van der Waals surface area contributed by atoms with Crippen LogP contribution in [0.5, 0.6) is 0 Å². The molecule has 0 saturated heterocycles. The van der Waals surface area contributed by atoms with E-state index in [9.17, 15) is 4.79 Å². The van der Waals surface area contributed by atoms with Crippen LogP contribution in [-0.2, 0) is 4.79 Å². The van der Waals surface area contributed by atoms with E-state index in [-0.39, 0.29) is 5.78 Å². The van der Waals surface area contributed by atoms with E-state index in [1.807, 2.05) is 13.0 Å². The van der Waals surface area contributed by atoms with Crippen molar-refractivity contribution in [2.45, 2.75) is 20.3 Å². The van der Waals surface area contributed by atoms with Gasteiger partial charge in [-0.3, -0.25) is 4.79 Å². The van der Waals surface area contributed by atoms with Gasteiger partial charge in [-0.05, 0) is 19.4 Å². The quantitative estimate of drug-likeness (QED) is 0.555.